The molecule has 0 radical (unpaired) electrons. The molecule has 3 rings (SSSR count). The molecule has 6 nitrogen and oxygen atoms in total. The van der Waals surface area contributed by atoms with Crippen LogP contribution in [0.2, 0.25) is 0 Å². The number of ether oxygens (including phenoxy) is 1. The predicted octanol–water partition coefficient (Wildman–Crippen LogP) is 0.238. The van der Waals surface area contributed by atoms with Crippen LogP contribution in [0.3, 0.4) is 0 Å². The molecule has 0 aliphatic carbocycles. The van der Waals surface area contributed by atoms with Crippen LogP contribution in [0.1, 0.15) is 6.04 Å². The van der Waals surface area contributed by atoms with E-state index < -0.39 is 18.2 Å². The van der Waals surface area contributed by atoms with E-state index in [1.807, 2.05) is 30.3 Å². The smallest absolute Gasteiger partial charge is 0.113 e. The number of benzene rings is 1. The zero-order valence-electron chi connectivity index (χ0n) is 10.3. The third kappa shape index (κ3) is 2.37. The topological polar surface area (TPSA) is 80.4 Å². The van der Waals surface area contributed by atoms with Gasteiger partial charge in [0.2, 0.25) is 0 Å². The first-order chi connectivity index (χ1) is 9.25. The molecule has 19 heavy (non-hydrogen) atoms. The lowest BCUT2D eigenvalue weighted by molar-refractivity contribution is -0.117. The summed E-state index contributed by atoms with van der Waals surface area (Å²) in [6.07, 6.45) is -0.0212. The van der Waals surface area contributed by atoms with Crippen LogP contribution in [0.4, 0.5) is 0 Å². The molecule has 3 atom stereocenters. The number of hydrogen-bond donors (Lipinski definition) is 2. The van der Waals surface area contributed by atoms with Crippen LogP contribution in [0.5, 0.6) is 0 Å². The Bertz CT molecular complexity index is 543. The lowest BCUT2D eigenvalue weighted by Crippen LogP contribution is -2.45. The molecule has 2 aromatic rings. The van der Waals surface area contributed by atoms with Crippen LogP contribution in [-0.4, -0.2) is 50.6 Å². The van der Waals surface area contributed by atoms with Crippen molar-refractivity contribution in [2.24, 2.45) is 0 Å². The van der Waals surface area contributed by atoms with Gasteiger partial charge in [-0.3, -0.25) is 0 Å². The van der Waals surface area contributed by atoms with Crippen molar-refractivity contribution in [1.82, 2.24) is 15.0 Å². The van der Waals surface area contributed by atoms with Gasteiger partial charge in [-0.1, -0.05) is 35.5 Å². The van der Waals surface area contributed by atoms with E-state index >= 15 is 0 Å². The third-order valence-corrected chi connectivity index (χ3v) is 3.29. The average Bonchev–Trinajstić information content (AvgIpc) is 2.92. The maximum absolute atomic E-state index is 9.95. The molecule has 2 N–H and O–H groups in total. The first-order valence-corrected chi connectivity index (χ1v) is 6.17. The first-order valence-electron chi connectivity index (χ1n) is 6.17. The molecule has 1 aliphatic rings. The van der Waals surface area contributed by atoms with Crippen LogP contribution in [0.25, 0.3) is 11.3 Å². The van der Waals surface area contributed by atoms with Crippen LogP contribution in [0, 0.1) is 0 Å². The summed E-state index contributed by atoms with van der Waals surface area (Å²) in [6, 6.07) is 9.26. The van der Waals surface area contributed by atoms with Gasteiger partial charge in [-0.25, -0.2) is 4.68 Å². The van der Waals surface area contributed by atoms with Crippen molar-refractivity contribution in [3.63, 3.8) is 0 Å². The van der Waals surface area contributed by atoms with E-state index in [0.29, 0.717) is 6.61 Å². The van der Waals surface area contributed by atoms with Crippen LogP contribution >= 0.6 is 0 Å². The molecule has 0 amide bonds. The second-order valence-electron chi connectivity index (χ2n) is 4.61. The molecular formula is C13H15N3O3. The van der Waals surface area contributed by atoms with Crippen molar-refractivity contribution >= 4 is 0 Å². The van der Waals surface area contributed by atoms with Gasteiger partial charge < -0.3 is 14.9 Å². The molecule has 1 fully saturated rings. The Morgan fingerprint density at radius 3 is 2.74 bits per heavy atom. The number of aliphatic hydroxyl groups excluding tert-OH is 2. The van der Waals surface area contributed by atoms with E-state index in [4.69, 9.17) is 4.74 Å². The van der Waals surface area contributed by atoms with Crippen LogP contribution in [-0.2, 0) is 4.74 Å². The summed E-state index contributed by atoms with van der Waals surface area (Å²) in [5.74, 6) is 0. The lowest BCUT2D eigenvalue weighted by atomic mass is 10.0. The minimum Gasteiger partial charge on any atom is -0.388 e. The molecule has 1 saturated heterocycles. The predicted molar refractivity (Wildman–Crippen MR) is 67.3 cm³/mol. The number of aromatic nitrogens is 3. The minimum absolute atomic E-state index is 0.151. The van der Waals surface area contributed by atoms with Crippen molar-refractivity contribution < 1.29 is 14.9 Å². The van der Waals surface area contributed by atoms with E-state index in [2.05, 4.69) is 10.3 Å². The molecule has 100 valence electrons. The summed E-state index contributed by atoms with van der Waals surface area (Å²) in [4.78, 5) is 0. The minimum atomic E-state index is -0.890. The summed E-state index contributed by atoms with van der Waals surface area (Å²) in [5.41, 5.74) is 1.69. The number of rotatable bonds is 2. The number of hydrogen-bond acceptors (Lipinski definition) is 5. The summed E-state index contributed by atoms with van der Waals surface area (Å²) < 4.78 is 6.79. The molecule has 0 saturated carbocycles. The van der Waals surface area contributed by atoms with Crippen molar-refractivity contribution in [2.75, 3.05) is 13.2 Å². The van der Waals surface area contributed by atoms with Crippen molar-refractivity contribution in [2.45, 2.75) is 18.2 Å². The fourth-order valence-electron chi connectivity index (χ4n) is 2.18. The van der Waals surface area contributed by atoms with E-state index in [0.717, 1.165) is 11.3 Å². The summed E-state index contributed by atoms with van der Waals surface area (Å²) in [6.45, 7) is 0.466. The Kier molecular flexibility index (Phi) is 3.29. The monoisotopic (exact) mass is 261 g/mol. The van der Waals surface area contributed by atoms with Gasteiger partial charge in [0.1, 0.15) is 23.9 Å². The highest BCUT2D eigenvalue weighted by Gasteiger charge is 2.33. The van der Waals surface area contributed by atoms with E-state index in [1.54, 1.807) is 10.9 Å². The van der Waals surface area contributed by atoms with Gasteiger partial charge in [-0.05, 0) is 0 Å². The SMILES string of the molecule is O[C@H]1[C@@H](O)COC[C@@H]1n1cc(-c2ccccc2)nn1. The fraction of sp³-hybridized carbons (Fsp3) is 0.385. The molecule has 2 heterocycles. The highest BCUT2D eigenvalue weighted by atomic mass is 16.5. The molecule has 0 bridgehead atoms. The molecule has 0 spiro atoms. The number of nitrogens with zero attached hydrogens (tertiary/aromatic N) is 3. The standard InChI is InChI=1S/C13H15N3O3/c17-12-8-19-7-11(13(12)18)16-6-10(14-15-16)9-4-2-1-3-5-9/h1-6,11-13,17-18H,7-8H2/t11-,12-,13+/m0/s1. The van der Waals surface area contributed by atoms with Gasteiger partial charge >= 0.3 is 0 Å². The molecule has 1 aromatic carbocycles. The van der Waals surface area contributed by atoms with Crippen molar-refractivity contribution in [3.05, 3.63) is 36.5 Å². The maximum atomic E-state index is 9.95. The van der Waals surface area contributed by atoms with E-state index in [-0.39, 0.29) is 6.61 Å². The second-order valence-corrected chi connectivity index (χ2v) is 4.61. The van der Waals surface area contributed by atoms with E-state index in [9.17, 15) is 10.2 Å². The Balaban J connectivity index is 1.85. The first kappa shape index (κ1) is 12.3. The zero-order chi connectivity index (χ0) is 13.2. The quantitative estimate of drug-likeness (QED) is 0.809. The van der Waals surface area contributed by atoms with Gasteiger partial charge in [0.15, 0.2) is 0 Å². The average molecular weight is 261 g/mol. The van der Waals surface area contributed by atoms with Crippen molar-refractivity contribution in [1.29, 1.82) is 0 Å². The Morgan fingerprint density at radius 2 is 1.95 bits per heavy atom. The molecule has 6 heteroatoms. The molecular weight excluding hydrogens is 246 g/mol. The molecule has 1 aromatic heterocycles. The maximum Gasteiger partial charge on any atom is 0.113 e. The van der Waals surface area contributed by atoms with Crippen molar-refractivity contribution in [3.8, 4) is 11.3 Å². The van der Waals surface area contributed by atoms with Gasteiger partial charge in [0, 0.05) is 5.56 Å². The zero-order valence-corrected chi connectivity index (χ0v) is 10.3. The van der Waals surface area contributed by atoms with Gasteiger partial charge in [-0.15, -0.1) is 5.10 Å². The summed E-state index contributed by atoms with van der Waals surface area (Å²) in [7, 11) is 0. The second kappa shape index (κ2) is 5.08. The Morgan fingerprint density at radius 1 is 1.16 bits per heavy atom. The number of aliphatic hydroxyl groups is 2. The summed E-state index contributed by atoms with van der Waals surface area (Å²) >= 11 is 0. The van der Waals surface area contributed by atoms with Gasteiger partial charge in [0.05, 0.1) is 19.4 Å². The third-order valence-electron chi connectivity index (χ3n) is 3.29. The fourth-order valence-corrected chi connectivity index (χ4v) is 2.18. The molecule has 1 aliphatic heterocycles. The normalized spacial score (nSPS) is 27.4. The highest BCUT2D eigenvalue weighted by Crippen LogP contribution is 2.22. The van der Waals surface area contributed by atoms with Gasteiger partial charge in [0.25, 0.3) is 0 Å². The largest absolute Gasteiger partial charge is 0.388 e. The van der Waals surface area contributed by atoms with Crippen LogP contribution in [0.15, 0.2) is 36.5 Å². The van der Waals surface area contributed by atoms with Gasteiger partial charge in [-0.2, -0.15) is 0 Å². The van der Waals surface area contributed by atoms with E-state index in [1.165, 1.54) is 0 Å². The van der Waals surface area contributed by atoms with Crippen LogP contribution < -0.4 is 0 Å². The lowest BCUT2D eigenvalue weighted by Gasteiger charge is -2.31. The Labute approximate surface area is 110 Å². The highest BCUT2D eigenvalue weighted by molar-refractivity contribution is 5.57. The Hall–Kier alpha value is -1.76. The molecule has 0 unspecified atom stereocenters. The summed E-state index contributed by atoms with van der Waals surface area (Å²) in [5, 5.41) is 27.7.